The molecule has 2 aromatic heterocycles. The topological polar surface area (TPSA) is 25.2 Å². The molecule has 0 saturated carbocycles. The molecule has 0 amide bonds. The first-order valence-corrected chi connectivity index (χ1v) is 7.00. The smallest absolute Gasteiger partial charge is 0.126 e. The van der Waals surface area contributed by atoms with Gasteiger partial charge in [0, 0.05) is 4.88 Å². The lowest BCUT2D eigenvalue weighted by Crippen LogP contribution is -2.22. The van der Waals surface area contributed by atoms with E-state index in [4.69, 9.17) is 16.0 Å². The van der Waals surface area contributed by atoms with Gasteiger partial charge in [-0.15, -0.1) is 11.3 Å². The second kappa shape index (κ2) is 5.71. The molecule has 0 aliphatic heterocycles. The van der Waals surface area contributed by atoms with Crippen LogP contribution in [0, 0.1) is 6.92 Å². The fourth-order valence-corrected chi connectivity index (χ4v) is 2.98. The van der Waals surface area contributed by atoms with Crippen molar-refractivity contribution < 1.29 is 4.42 Å². The summed E-state index contributed by atoms with van der Waals surface area (Å²) in [5, 5.41) is 6.29. The molecule has 0 aliphatic rings. The minimum atomic E-state index is 0.0659. The van der Waals surface area contributed by atoms with Gasteiger partial charge in [-0.25, -0.2) is 0 Å². The molecule has 0 aliphatic carbocycles. The average Bonchev–Trinajstić information content (AvgIpc) is 2.90. The van der Waals surface area contributed by atoms with Gasteiger partial charge >= 0.3 is 0 Å². The molecule has 1 N–H and O–H groups in total. The number of halogens is 1. The first-order chi connectivity index (χ1) is 8.22. The summed E-state index contributed by atoms with van der Waals surface area (Å²) in [6.07, 6.45) is 1.08. The van der Waals surface area contributed by atoms with Crippen LogP contribution in [-0.4, -0.2) is 6.54 Å². The maximum absolute atomic E-state index is 6.20. The van der Waals surface area contributed by atoms with Gasteiger partial charge in [0.2, 0.25) is 0 Å². The summed E-state index contributed by atoms with van der Waals surface area (Å²) >= 11 is 7.86. The number of thiophene rings is 1. The Kier molecular flexibility index (Phi) is 4.26. The van der Waals surface area contributed by atoms with E-state index in [1.807, 2.05) is 30.5 Å². The molecule has 2 rings (SSSR count). The molecule has 4 heteroatoms. The Morgan fingerprint density at radius 1 is 1.41 bits per heavy atom. The maximum Gasteiger partial charge on any atom is 0.126 e. The van der Waals surface area contributed by atoms with E-state index in [-0.39, 0.29) is 6.04 Å². The van der Waals surface area contributed by atoms with Gasteiger partial charge in [-0.05, 0) is 43.5 Å². The largest absolute Gasteiger partial charge is 0.464 e. The zero-order chi connectivity index (χ0) is 12.3. The molecule has 2 heterocycles. The molecule has 2 aromatic rings. The Morgan fingerprint density at radius 3 is 2.76 bits per heavy atom. The molecule has 92 valence electrons. The lowest BCUT2D eigenvalue weighted by Gasteiger charge is -2.15. The van der Waals surface area contributed by atoms with Crippen molar-refractivity contribution in [1.82, 2.24) is 5.32 Å². The van der Waals surface area contributed by atoms with Gasteiger partial charge in [-0.1, -0.05) is 18.5 Å². The standard InChI is InChI=1S/C13H16ClNOS/c1-3-7-15-12(11-5-4-9(2)16-11)13-10(14)6-8-17-13/h4-6,8,12,15H,3,7H2,1-2H3. The van der Waals surface area contributed by atoms with E-state index in [9.17, 15) is 0 Å². The minimum absolute atomic E-state index is 0.0659. The van der Waals surface area contributed by atoms with Crippen LogP contribution in [0.1, 0.15) is 35.8 Å². The number of nitrogens with one attached hydrogen (secondary N) is 1. The first-order valence-electron chi connectivity index (χ1n) is 5.75. The van der Waals surface area contributed by atoms with E-state index in [2.05, 4.69) is 12.2 Å². The van der Waals surface area contributed by atoms with Gasteiger partial charge in [0.05, 0.1) is 5.02 Å². The van der Waals surface area contributed by atoms with E-state index in [1.54, 1.807) is 11.3 Å². The van der Waals surface area contributed by atoms with Gasteiger partial charge < -0.3 is 9.73 Å². The van der Waals surface area contributed by atoms with Gasteiger partial charge in [0.1, 0.15) is 17.6 Å². The molecule has 0 spiro atoms. The van der Waals surface area contributed by atoms with Crippen molar-refractivity contribution in [2.75, 3.05) is 6.54 Å². The molecule has 2 nitrogen and oxygen atoms in total. The molecular weight excluding hydrogens is 254 g/mol. The van der Waals surface area contributed by atoms with Crippen LogP contribution in [0.15, 0.2) is 28.0 Å². The average molecular weight is 270 g/mol. The zero-order valence-electron chi connectivity index (χ0n) is 10.00. The fourth-order valence-electron chi connectivity index (χ4n) is 1.73. The SMILES string of the molecule is CCCNC(c1ccc(C)o1)c1sccc1Cl. The van der Waals surface area contributed by atoms with Gasteiger partial charge in [-0.2, -0.15) is 0 Å². The molecule has 0 fully saturated rings. The van der Waals surface area contributed by atoms with Crippen molar-refractivity contribution in [3.05, 3.63) is 45.0 Å². The summed E-state index contributed by atoms with van der Waals surface area (Å²) in [6.45, 7) is 5.04. The van der Waals surface area contributed by atoms with E-state index >= 15 is 0 Å². The predicted molar refractivity (Wildman–Crippen MR) is 72.9 cm³/mol. The Balaban J connectivity index is 2.28. The highest BCUT2D eigenvalue weighted by Crippen LogP contribution is 2.33. The minimum Gasteiger partial charge on any atom is -0.464 e. The van der Waals surface area contributed by atoms with Gasteiger partial charge in [-0.3, -0.25) is 0 Å². The van der Waals surface area contributed by atoms with Crippen LogP contribution < -0.4 is 5.32 Å². The van der Waals surface area contributed by atoms with Crippen LogP contribution in [0.4, 0.5) is 0 Å². The summed E-state index contributed by atoms with van der Waals surface area (Å²) in [6, 6.07) is 5.99. The quantitative estimate of drug-likeness (QED) is 0.871. The molecule has 0 saturated heterocycles. The van der Waals surface area contributed by atoms with E-state index in [0.29, 0.717) is 0 Å². The van der Waals surface area contributed by atoms with Crippen LogP contribution in [-0.2, 0) is 0 Å². The number of rotatable bonds is 5. The predicted octanol–water partition coefficient (Wildman–Crippen LogP) is 4.39. The molecule has 17 heavy (non-hydrogen) atoms. The first kappa shape index (κ1) is 12.7. The van der Waals surface area contributed by atoms with Crippen LogP contribution in [0.2, 0.25) is 5.02 Å². The molecule has 0 bridgehead atoms. The third-order valence-corrected chi connectivity index (χ3v) is 3.97. The summed E-state index contributed by atoms with van der Waals surface area (Å²) in [4.78, 5) is 1.12. The highest BCUT2D eigenvalue weighted by molar-refractivity contribution is 7.10. The Morgan fingerprint density at radius 2 is 2.24 bits per heavy atom. The second-order valence-corrected chi connectivity index (χ2v) is 5.32. The van der Waals surface area contributed by atoms with Crippen molar-refractivity contribution in [3.8, 4) is 0 Å². The van der Waals surface area contributed by atoms with Crippen LogP contribution in [0.25, 0.3) is 0 Å². The van der Waals surface area contributed by atoms with Crippen molar-refractivity contribution in [3.63, 3.8) is 0 Å². The van der Waals surface area contributed by atoms with Crippen molar-refractivity contribution >= 4 is 22.9 Å². The van der Waals surface area contributed by atoms with Crippen LogP contribution in [0.3, 0.4) is 0 Å². The Labute approximate surface area is 111 Å². The molecule has 1 unspecified atom stereocenters. The molecule has 0 aromatic carbocycles. The monoisotopic (exact) mass is 269 g/mol. The number of hydrogen-bond acceptors (Lipinski definition) is 3. The van der Waals surface area contributed by atoms with E-state index in [1.165, 1.54) is 0 Å². The Bertz CT molecular complexity index is 477. The lowest BCUT2D eigenvalue weighted by atomic mass is 10.2. The van der Waals surface area contributed by atoms with E-state index < -0.39 is 0 Å². The Hall–Kier alpha value is -0.770. The maximum atomic E-state index is 6.20. The molecule has 1 atom stereocenters. The van der Waals surface area contributed by atoms with Crippen molar-refractivity contribution in [2.45, 2.75) is 26.3 Å². The van der Waals surface area contributed by atoms with Gasteiger partial charge in [0.15, 0.2) is 0 Å². The number of hydrogen-bond donors (Lipinski definition) is 1. The molecular formula is C13H16ClNOS. The highest BCUT2D eigenvalue weighted by Gasteiger charge is 2.20. The third-order valence-electron chi connectivity index (χ3n) is 2.55. The zero-order valence-corrected chi connectivity index (χ0v) is 11.6. The van der Waals surface area contributed by atoms with Crippen LogP contribution >= 0.6 is 22.9 Å². The summed E-state index contributed by atoms with van der Waals surface area (Å²) in [5.41, 5.74) is 0. The molecule has 0 radical (unpaired) electrons. The number of aryl methyl sites for hydroxylation is 1. The highest BCUT2D eigenvalue weighted by atomic mass is 35.5. The normalized spacial score (nSPS) is 12.9. The fraction of sp³-hybridized carbons (Fsp3) is 0.385. The van der Waals surface area contributed by atoms with Gasteiger partial charge in [0.25, 0.3) is 0 Å². The van der Waals surface area contributed by atoms with E-state index in [0.717, 1.165) is 34.4 Å². The van der Waals surface area contributed by atoms with Crippen LogP contribution in [0.5, 0.6) is 0 Å². The number of furan rings is 1. The third kappa shape index (κ3) is 2.92. The second-order valence-electron chi connectivity index (χ2n) is 3.97. The van der Waals surface area contributed by atoms with Crippen molar-refractivity contribution in [2.24, 2.45) is 0 Å². The summed E-state index contributed by atoms with van der Waals surface area (Å²) in [7, 11) is 0. The summed E-state index contributed by atoms with van der Waals surface area (Å²) in [5.74, 6) is 1.86. The summed E-state index contributed by atoms with van der Waals surface area (Å²) < 4.78 is 5.71. The lowest BCUT2D eigenvalue weighted by molar-refractivity contribution is 0.433. The van der Waals surface area contributed by atoms with Crippen molar-refractivity contribution in [1.29, 1.82) is 0 Å².